The standard InChI is InChI=1S/C5H12BO2Si/c7-6-9-5-3-1-2-4-8-5/h5,7H,1-4,9H2. The molecule has 1 N–H and O–H groups in total. The van der Waals surface area contributed by atoms with Gasteiger partial charge in [0, 0.05) is 12.3 Å². The second kappa shape index (κ2) is 4.09. The van der Waals surface area contributed by atoms with E-state index in [-0.39, 0.29) is 0 Å². The largest absolute Gasteiger partial charge is 0.459 e. The topological polar surface area (TPSA) is 29.5 Å². The minimum atomic E-state index is -0.416. The fourth-order valence-corrected chi connectivity index (χ4v) is 2.17. The first-order valence-corrected chi connectivity index (χ1v) is 5.14. The van der Waals surface area contributed by atoms with E-state index in [4.69, 9.17) is 9.76 Å². The maximum Gasteiger partial charge on any atom is 0.268 e. The van der Waals surface area contributed by atoms with Gasteiger partial charge in [-0.05, 0) is 19.3 Å². The quantitative estimate of drug-likeness (QED) is 0.513. The number of hydrogen-bond acceptors (Lipinski definition) is 2. The second-order valence-electron chi connectivity index (χ2n) is 2.41. The van der Waals surface area contributed by atoms with Gasteiger partial charge in [-0.25, -0.2) is 0 Å². The van der Waals surface area contributed by atoms with Crippen molar-refractivity contribution in [3.05, 3.63) is 0 Å². The molecule has 1 atom stereocenters. The molecule has 0 spiro atoms. The Bertz CT molecular complexity index is 72.6. The summed E-state index contributed by atoms with van der Waals surface area (Å²) in [6.45, 7) is 0.908. The monoisotopic (exact) mass is 143 g/mol. The molecule has 0 aromatic rings. The van der Waals surface area contributed by atoms with Gasteiger partial charge in [-0.15, -0.1) is 0 Å². The molecule has 0 bridgehead atoms. The Balaban J connectivity index is 2.08. The molecule has 1 aliphatic heterocycles. The summed E-state index contributed by atoms with van der Waals surface area (Å²) in [6.07, 6.45) is 3.66. The molecule has 1 rings (SSSR count). The van der Waals surface area contributed by atoms with E-state index in [0.29, 0.717) is 5.73 Å². The summed E-state index contributed by atoms with van der Waals surface area (Å²) in [4.78, 5) is 0. The van der Waals surface area contributed by atoms with Gasteiger partial charge in [-0.1, -0.05) is 0 Å². The Hall–Kier alpha value is 0.202. The molecule has 4 heteroatoms. The lowest BCUT2D eigenvalue weighted by molar-refractivity contribution is 0.0663. The smallest absolute Gasteiger partial charge is 0.268 e. The fraction of sp³-hybridized carbons (Fsp3) is 1.00. The average molecular weight is 143 g/mol. The van der Waals surface area contributed by atoms with Crippen LogP contribution in [-0.2, 0) is 4.74 Å². The number of hydrogen-bond donors (Lipinski definition) is 1. The van der Waals surface area contributed by atoms with Crippen molar-refractivity contribution in [3.8, 4) is 0 Å². The molecule has 1 saturated heterocycles. The van der Waals surface area contributed by atoms with Gasteiger partial charge >= 0.3 is 0 Å². The highest BCUT2D eigenvalue weighted by Crippen LogP contribution is 2.10. The normalized spacial score (nSPS) is 29.2. The van der Waals surface area contributed by atoms with Crippen molar-refractivity contribution in [2.24, 2.45) is 0 Å². The molecule has 0 saturated carbocycles. The minimum absolute atomic E-state index is 0.416. The summed E-state index contributed by atoms with van der Waals surface area (Å²) < 4.78 is 5.39. The highest BCUT2D eigenvalue weighted by Gasteiger charge is 2.13. The number of rotatable bonds is 2. The highest BCUT2D eigenvalue weighted by molar-refractivity contribution is 6.97. The number of ether oxygens (including phenoxy) is 1. The first-order valence-electron chi connectivity index (χ1n) is 3.51. The first kappa shape index (κ1) is 7.31. The maximum atomic E-state index is 8.48. The van der Waals surface area contributed by atoms with Crippen LogP contribution < -0.4 is 0 Å². The van der Waals surface area contributed by atoms with E-state index in [2.05, 4.69) is 0 Å². The maximum absolute atomic E-state index is 8.48. The van der Waals surface area contributed by atoms with Crippen molar-refractivity contribution in [2.75, 3.05) is 6.61 Å². The third-order valence-corrected chi connectivity index (χ3v) is 3.02. The van der Waals surface area contributed by atoms with E-state index in [1.165, 1.54) is 26.3 Å². The highest BCUT2D eigenvalue weighted by atomic mass is 28.2. The molecular formula is C5H12BO2Si. The van der Waals surface area contributed by atoms with Crippen LogP contribution in [0.5, 0.6) is 0 Å². The van der Waals surface area contributed by atoms with Crippen molar-refractivity contribution in [1.29, 1.82) is 0 Å². The van der Waals surface area contributed by atoms with Crippen LogP contribution in [0.1, 0.15) is 19.3 Å². The van der Waals surface area contributed by atoms with Gasteiger partial charge in [0.15, 0.2) is 0 Å². The van der Waals surface area contributed by atoms with E-state index in [0.717, 1.165) is 6.61 Å². The lowest BCUT2D eigenvalue weighted by atomic mass is 10.2. The van der Waals surface area contributed by atoms with Crippen LogP contribution in [0.25, 0.3) is 0 Å². The summed E-state index contributed by atoms with van der Waals surface area (Å²) in [6, 6.07) is 0. The van der Waals surface area contributed by atoms with Gasteiger partial charge in [0.2, 0.25) is 0 Å². The van der Waals surface area contributed by atoms with Crippen LogP contribution in [0, 0.1) is 0 Å². The molecule has 2 nitrogen and oxygen atoms in total. The molecule has 0 amide bonds. The van der Waals surface area contributed by atoms with Crippen molar-refractivity contribution in [1.82, 2.24) is 0 Å². The molecule has 0 aliphatic carbocycles. The Morgan fingerprint density at radius 3 is 3.00 bits per heavy atom. The Kier molecular flexibility index (Phi) is 3.32. The van der Waals surface area contributed by atoms with Gasteiger partial charge < -0.3 is 9.76 Å². The van der Waals surface area contributed by atoms with Crippen molar-refractivity contribution >= 4 is 16.5 Å². The molecule has 1 heterocycles. The second-order valence-corrected chi connectivity index (χ2v) is 4.15. The van der Waals surface area contributed by atoms with Gasteiger partial charge in [-0.2, -0.15) is 0 Å². The SMILES string of the molecule is O[B][SiH2]C1CCCCO1. The van der Waals surface area contributed by atoms with Crippen LogP contribution >= 0.6 is 0 Å². The summed E-state index contributed by atoms with van der Waals surface area (Å²) >= 11 is 0. The van der Waals surface area contributed by atoms with E-state index in [9.17, 15) is 0 Å². The molecule has 1 fully saturated rings. The van der Waals surface area contributed by atoms with Crippen LogP contribution in [0.4, 0.5) is 0 Å². The van der Waals surface area contributed by atoms with Gasteiger partial charge in [0.25, 0.3) is 7.07 Å². The average Bonchev–Trinajstić information content (AvgIpc) is 1.91. The van der Waals surface area contributed by atoms with Crippen LogP contribution in [0.3, 0.4) is 0 Å². The lowest BCUT2D eigenvalue weighted by Crippen LogP contribution is -2.29. The molecule has 51 valence electrons. The van der Waals surface area contributed by atoms with Gasteiger partial charge in [-0.3, -0.25) is 0 Å². The zero-order valence-corrected chi connectivity index (χ0v) is 6.96. The first-order chi connectivity index (χ1) is 4.43. The lowest BCUT2D eigenvalue weighted by Gasteiger charge is -2.20. The van der Waals surface area contributed by atoms with Crippen LogP contribution in [0.15, 0.2) is 0 Å². The third kappa shape index (κ3) is 2.51. The van der Waals surface area contributed by atoms with Crippen LogP contribution in [-0.4, -0.2) is 33.8 Å². The molecule has 1 radical (unpaired) electrons. The van der Waals surface area contributed by atoms with Gasteiger partial charge in [0.1, 0.15) is 0 Å². The van der Waals surface area contributed by atoms with Crippen molar-refractivity contribution < 1.29 is 9.76 Å². The van der Waals surface area contributed by atoms with E-state index in [1.54, 1.807) is 0 Å². The summed E-state index contributed by atoms with van der Waals surface area (Å²) in [5.74, 6) is 0. The molecule has 1 unspecified atom stereocenters. The van der Waals surface area contributed by atoms with Crippen LogP contribution in [0.2, 0.25) is 0 Å². The third-order valence-electron chi connectivity index (χ3n) is 1.64. The summed E-state index contributed by atoms with van der Waals surface area (Å²) in [5.41, 5.74) is 0.434. The molecule has 0 aromatic heterocycles. The molecular weight excluding hydrogens is 131 g/mol. The Morgan fingerprint density at radius 2 is 2.44 bits per heavy atom. The Labute approximate surface area is 58.6 Å². The Morgan fingerprint density at radius 1 is 1.56 bits per heavy atom. The fourth-order valence-electron chi connectivity index (χ4n) is 1.11. The van der Waals surface area contributed by atoms with Crippen molar-refractivity contribution in [3.63, 3.8) is 0 Å². The summed E-state index contributed by atoms with van der Waals surface area (Å²) in [7, 11) is 0.914. The zero-order valence-electron chi connectivity index (χ0n) is 5.55. The van der Waals surface area contributed by atoms with Crippen molar-refractivity contribution in [2.45, 2.75) is 25.0 Å². The molecule has 0 aromatic carbocycles. The van der Waals surface area contributed by atoms with E-state index >= 15 is 0 Å². The minimum Gasteiger partial charge on any atom is -0.459 e. The predicted molar refractivity (Wildman–Crippen MR) is 40.1 cm³/mol. The molecule has 1 aliphatic rings. The predicted octanol–water partition coefficient (Wildman–Crippen LogP) is -0.792. The summed E-state index contributed by atoms with van der Waals surface area (Å²) in [5, 5.41) is 8.48. The molecule has 9 heavy (non-hydrogen) atoms. The zero-order chi connectivity index (χ0) is 6.53. The van der Waals surface area contributed by atoms with E-state index in [1.807, 2.05) is 0 Å². The van der Waals surface area contributed by atoms with Gasteiger partial charge in [0.05, 0.1) is 9.39 Å². The van der Waals surface area contributed by atoms with E-state index < -0.39 is 9.39 Å².